The Bertz CT molecular complexity index is 1650. The summed E-state index contributed by atoms with van der Waals surface area (Å²) in [6, 6.07) is 19.9. The van der Waals surface area contributed by atoms with Crippen LogP contribution in [0.1, 0.15) is 21.6 Å². The third kappa shape index (κ3) is 4.36. The van der Waals surface area contributed by atoms with E-state index in [1.165, 1.54) is 6.07 Å². The molecule has 2 heterocycles. The zero-order valence-corrected chi connectivity index (χ0v) is 20.0. The lowest BCUT2D eigenvalue weighted by molar-refractivity contribution is -0.136. The van der Waals surface area contributed by atoms with Crippen LogP contribution in [0.4, 0.5) is 0 Å². The van der Waals surface area contributed by atoms with Crippen molar-refractivity contribution in [2.24, 2.45) is 0 Å². The monoisotopic (exact) mass is 503 g/mol. The molecule has 9 heteroatoms. The fourth-order valence-electron chi connectivity index (χ4n) is 4.22. The number of aryl methyl sites for hydroxylation is 1. The molecule has 182 valence electrons. The predicted molar refractivity (Wildman–Crippen MR) is 132 cm³/mol. The fraction of sp³-hybridized carbons (Fsp3) is 0.111. The van der Waals surface area contributed by atoms with Crippen LogP contribution in [0.15, 0.2) is 88.9 Å². The molecule has 3 aromatic carbocycles. The normalized spacial score (nSPS) is 14.0. The van der Waals surface area contributed by atoms with E-state index in [9.17, 15) is 23.1 Å². The summed E-state index contributed by atoms with van der Waals surface area (Å²) in [4.78, 5) is 24.6. The lowest BCUT2D eigenvalue weighted by atomic mass is 10.1. The minimum Gasteiger partial charge on any atom is -0.486 e. The smallest absolute Gasteiger partial charge is 0.307 e. The Balaban J connectivity index is 1.33. The Morgan fingerprint density at radius 2 is 1.75 bits per heavy atom. The van der Waals surface area contributed by atoms with Crippen LogP contribution in [0.5, 0.6) is 11.5 Å². The first-order valence-electron chi connectivity index (χ1n) is 11.0. The van der Waals surface area contributed by atoms with Crippen LogP contribution >= 0.6 is 0 Å². The number of fused-ring (bicyclic) bond motifs is 2. The number of aromatic nitrogens is 1. The third-order valence-electron chi connectivity index (χ3n) is 5.83. The molecule has 5 rings (SSSR count). The first-order chi connectivity index (χ1) is 17.2. The number of sulfone groups is 1. The molecule has 0 atom stereocenters. The van der Waals surface area contributed by atoms with Gasteiger partial charge in [-0.1, -0.05) is 24.3 Å². The van der Waals surface area contributed by atoms with Crippen molar-refractivity contribution in [3.63, 3.8) is 0 Å². The van der Waals surface area contributed by atoms with E-state index >= 15 is 0 Å². The van der Waals surface area contributed by atoms with Crippen molar-refractivity contribution in [1.82, 2.24) is 4.57 Å². The summed E-state index contributed by atoms with van der Waals surface area (Å²) >= 11 is 0. The first-order valence-corrected chi connectivity index (χ1v) is 12.6. The van der Waals surface area contributed by atoms with Gasteiger partial charge in [-0.3, -0.25) is 14.2 Å². The van der Waals surface area contributed by atoms with Crippen LogP contribution in [0.3, 0.4) is 0 Å². The van der Waals surface area contributed by atoms with E-state index < -0.39 is 15.8 Å². The average molecular weight is 504 g/mol. The fourth-order valence-corrected chi connectivity index (χ4v) is 5.47. The highest BCUT2D eigenvalue weighted by Crippen LogP contribution is 2.32. The molecule has 1 aliphatic heterocycles. The molecule has 0 bridgehead atoms. The summed E-state index contributed by atoms with van der Waals surface area (Å²) in [6.45, 7) is 1.69. The number of aliphatic carboxylic acids is 1. The molecule has 0 fully saturated rings. The summed E-state index contributed by atoms with van der Waals surface area (Å²) in [5.74, 6) is -0.362. The van der Waals surface area contributed by atoms with Gasteiger partial charge in [-0.05, 0) is 61.0 Å². The lowest BCUT2D eigenvalue weighted by Crippen LogP contribution is -2.16. The number of carboxylic acid groups (broad SMARTS) is 1. The third-order valence-corrected chi connectivity index (χ3v) is 7.35. The Kier molecular flexibility index (Phi) is 5.85. The Morgan fingerprint density at radius 1 is 1.00 bits per heavy atom. The van der Waals surface area contributed by atoms with E-state index in [1.807, 2.05) is 6.07 Å². The van der Waals surface area contributed by atoms with E-state index in [0.29, 0.717) is 28.1 Å². The number of nitrogens with zero attached hydrogens (tertiary/aromatic N) is 1. The van der Waals surface area contributed by atoms with E-state index in [-0.39, 0.29) is 35.3 Å². The van der Waals surface area contributed by atoms with Gasteiger partial charge in [0.15, 0.2) is 5.76 Å². The maximum atomic E-state index is 13.3. The van der Waals surface area contributed by atoms with Crippen molar-refractivity contribution < 1.29 is 32.6 Å². The number of benzene rings is 3. The zero-order valence-electron chi connectivity index (χ0n) is 19.2. The molecule has 0 saturated carbocycles. The van der Waals surface area contributed by atoms with Gasteiger partial charge < -0.3 is 14.6 Å². The number of para-hydroxylation sites is 1. The molecular formula is C27H21NO7S. The maximum absolute atomic E-state index is 13.3. The minimum atomic E-state index is -3.62. The second-order valence-corrected chi connectivity index (χ2v) is 10.1. The molecule has 0 aliphatic carbocycles. The van der Waals surface area contributed by atoms with Crippen LogP contribution in [-0.4, -0.2) is 36.6 Å². The van der Waals surface area contributed by atoms with Gasteiger partial charge in [0.2, 0.25) is 9.84 Å². The van der Waals surface area contributed by atoms with Gasteiger partial charge in [-0.15, -0.1) is 0 Å². The van der Waals surface area contributed by atoms with Gasteiger partial charge in [-0.25, -0.2) is 8.42 Å². The van der Waals surface area contributed by atoms with Gasteiger partial charge in [-0.2, -0.15) is 0 Å². The van der Waals surface area contributed by atoms with Crippen molar-refractivity contribution in [3.8, 4) is 11.5 Å². The predicted octanol–water partition coefficient (Wildman–Crippen LogP) is 4.35. The van der Waals surface area contributed by atoms with Gasteiger partial charge in [0.25, 0.3) is 5.91 Å². The number of ether oxygens (including phenoxy) is 2. The Morgan fingerprint density at radius 3 is 2.50 bits per heavy atom. The number of hydrogen-bond acceptors (Lipinski definition) is 6. The van der Waals surface area contributed by atoms with Crippen molar-refractivity contribution in [1.29, 1.82) is 0 Å². The number of hydrogen-bond donors (Lipinski definition) is 1. The van der Waals surface area contributed by atoms with Crippen LogP contribution in [0, 0.1) is 6.92 Å². The summed E-state index contributed by atoms with van der Waals surface area (Å²) in [5.41, 5.74) is 2.38. The van der Waals surface area contributed by atoms with Gasteiger partial charge in [0.05, 0.1) is 17.3 Å². The molecule has 0 radical (unpaired) electrons. The van der Waals surface area contributed by atoms with E-state index in [4.69, 9.17) is 9.47 Å². The summed E-state index contributed by atoms with van der Waals surface area (Å²) < 4.78 is 37.8. The second-order valence-electron chi connectivity index (χ2n) is 8.34. The summed E-state index contributed by atoms with van der Waals surface area (Å²) in [5, 5.41) is 11.0. The molecule has 1 aromatic heterocycles. The highest BCUT2D eigenvalue weighted by molar-refractivity contribution is 7.94. The maximum Gasteiger partial charge on any atom is 0.307 e. The minimum absolute atomic E-state index is 0.103. The summed E-state index contributed by atoms with van der Waals surface area (Å²) in [6.07, 6.45) is -0.131. The quantitative estimate of drug-likeness (QED) is 0.416. The lowest BCUT2D eigenvalue weighted by Gasteiger charge is -2.18. The molecule has 0 saturated heterocycles. The molecule has 0 unspecified atom stereocenters. The number of carbonyl (C=O) groups is 2. The molecule has 36 heavy (non-hydrogen) atoms. The van der Waals surface area contributed by atoms with E-state index in [2.05, 4.69) is 0 Å². The van der Waals surface area contributed by atoms with E-state index in [1.54, 1.807) is 72.2 Å². The highest BCUT2D eigenvalue weighted by atomic mass is 32.2. The first kappa shape index (κ1) is 23.4. The van der Waals surface area contributed by atoms with Gasteiger partial charge >= 0.3 is 5.97 Å². The standard InChI is InChI=1S/C27H21NO7S/c1-17-13-22-19(14-26(29)30)5-4-6-23(22)28(17)27(31)18-9-11-20(12-10-18)34-15-21-16-36(32,33)25-8-3-2-7-24(25)35-21/h2-13,16H,14-15H2,1H3,(H,29,30). The van der Waals surface area contributed by atoms with Crippen LogP contribution in [0.25, 0.3) is 10.9 Å². The van der Waals surface area contributed by atoms with Crippen molar-refractivity contribution >= 4 is 32.6 Å². The zero-order chi connectivity index (χ0) is 25.4. The van der Waals surface area contributed by atoms with E-state index in [0.717, 1.165) is 10.8 Å². The molecule has 1 N–H and O–H groups in total. The van der Waals surface area contributed by atoms with Crippen molar-refractivity contribution in [2.45, 2.75) is 18.2 Å². The summed E-state index contributed by atoms with van der Waals surface area (Å²) in [7, 11) is -3.62. The van der Waals surface area contributed by atoms with Crippen LogP contribution in [0.2, 0.25) is 0 Å². The Labute approximate surface area is 206 Å². The topological polar surface area (TPSA) is 112 Å². The SMILES string of the molecule is Cc1cc2c(CC(=O)O)cccc2n1C(=O)c1ccc(OCC2=CS(=O)(=O)c3ccccc3O2)cc1. The van der Waals surface area contributed by atoms with Gasteiger partial charge in [0.1, 0.15) is 23.0 Å². The average Bonchev–Trinajstić information content (AvgIpc) is 3.19. The molecule has 4 aromatic rings. The number of carbonyl (C=O) groups excluding carboxylic acids is 1. The molecule has 8 nitrogen and oxygen atoms in total. The van der Waals surface area contributed by atoms with Crippen LogP contribution < -0.4 is 9.47 Å². The molecule has 0 amide bonds. The molecule has 0 spiro atoms. The molecular weight excluding hydrogens is 482 g/mol. The largest absolute Gasteiger partial charge is 0.486 e. The number of rotatable bonds is 6. The highest BCUT2D eigenvalue weighted by Gasteiger charge is 2.25. The van der Waals surface area contributed by atoms with Crippen LogP contribution in [-0.2, 0) is 21.1 Å². The van der Waals surface area contributed by atoms with Crippen molar-refractivity contribution in [3.05, 3.63) is 101 Å². The van der Waals surface area contributed by atoms with Gasteiger partial charge in [0, 0.05) is 16.6 Å². The number of carboxylic acids is 1. The second kappa shape index (κ2) is 9.01. The molecule has 1 aliphatic rings. The Hall–Kier alpha value is -4.37. The van der Waals surface area contributed by atoms with Crippen molar-refractivity contribution in [2.75, 3.05) is 6.61 Å².